The number of aryl methyl sites for hydroxylation is 1. The summed E-state index contributed by atoms with van der Waals surface area (Å²) in [5.41, 5.74) is 0.966. The van der Waals surface area contributed by atoms with Crippen LogP contribution in [0.25, 0.3) is 11.0 Å². The van der Waals surface area contributed by atoms with Gasteiger partial charge in [-0.1, -0.05) is 17.7 Å². The highest BCUT2D eigenvalue weighted by molar-refractivity contribution is 6.31. The lowest BCUT2D eigenvalue weighted by Gasteiger charge is -2.09. The fraction of sp³-hybridized carbons (Fsp3) is 0.158. The first-order chi connectivity index (χ1) is 12.0. The molecular weight excluding hydrogens is 342 g/mol. The minimum Gasteiger partial charge on any atom is -0.494 e. The molecule has 0 saturated heterocycles. The fourth-order valence-electron chi connectivity index (χ4n) is 2.42. The van der Waals surface area contributed by atoms with E-state index in [2.05, 4.69) is 5.32 Å². The summed E-state index contributed by atoms with van der Waals surface area (Å²) in [6.07, 6.45) is 0. The van der Waals surface area contributed by atoms with E-state index in [-0.39, 0.29) is 5.56 Å². The summed E-state index contributed by atoms with van der Waals surface area (Å²) < 4.78 is 10.7. The minimum atomic E-state index is -0.710. The third kappa shape index (κ3) is 3.67. The predicted octanol–water partition coefficient (Wildman–Crippen LogP) is 4.41. The first-order valence-corrected chi connectivity index (χ1v) is 8.14. The smallest absolute Gasteiger partial charge is 0.349 e. The van der Waals surface area contributed by atoms with Crippen molar-refractivity contribution in [2.24, 2.45) is 0 Å². The molecule has 1 amide bonds. The lowest BCUT2D eigenvalue weighted by atomic mass is 10.1. The molecule has 0 saturated carbocycles. The third-order valence-electron chi connectivity index (χ3n) is 3.71. The van der Waals surface area contributed by atoms with Crippen LogP contribution < -0.4 is 15.7 Å². The molecule has 128 valence electrons. The van der Waals surface area contributed by atoms with E-state index in [1.165, 1.54) is 6.07 Å². The summed E-state index contributed by atoms with van der Waals surface area (Å²) >= 11 is 5.95. The molecule has 3 aromatic rings. The summed E-state index contributed by atoms with van der Waals surface area (Å²) in [4.78, 5) is 24.7. The van der Waals surface area contributed by atoms with E-state index in [0.29, 0.717) is 34.0 Å². The van der Waals surface area contributed by atoms with Crippen LogP contribution in [0.5, 0.6) is 5.75 Å². The number of hydrogen-bond acceptors (Lipinski definition) is 4. The molecule has 5 nitrogen and oxygen atoms in total. The normalized spacial score (nSPS) is 10.7. The zero-order valence-corrected chi connectivity index (χ0v) is 14.5. The van der Waals surface area contributed by atoms with Gasteiger partial charge in [0.05, 0.1) is 6.61 Å². The summed E-state index contributed by atoms with van der Waals surface area (Å²) in [6, 6.07) is 11.8. The standard InChI is InChI=1S/C19H16ClNO4/c1-3-24-14-7-5-12-8-15(19(23)25-17(12)10-14)18(22)21-16-9-13(20)6-4-11(16)2/h4-10H,3H2,1-2H3,(H,21,22). The zero-order chi connectivity index (χ0) is 18.0. The molecule has 0 atom stereocenters. The first-order valence-electron chi connectivity index (χ1n) is 7.76. The number of amides is 1. The molecule has 25 heavy (non-hydrogen) atoms. The average Bonchev–Trinajstić information content (AvgIpc) is 2.57. The summed E-state index contributed by atoms with van der Waals surface area (Å²) in [6.45, 7) is 4.21. The Morgan fingerprint density at radius 3 is 2.76 bits per heavy atom. The largest absolute Gasteiger partial charge is 0.494 e. The van der Waals surface area contributed by atoms with E-state index in [1.807, 2.05) is 13.8 Å². The van der Waals surface area contributed by atoms with Crippen LogP contribution in [0, 0.1) is 6.92 Å². The van der Waals surface area contributed by atoms with E-state index in [1.54, 1.807) is 36.4 Å². The van der Waals surface area contributed by atoms with Gasteiger partial charge < -0.3 is 14.5 Å². The maximum Gasteiger partial charge on any atom is 0.349 e. The molecule has 2 aromatic carbocycles. The molecule has 0 aliphatic heterocycles. The second kappa shape index (κ2) is 6.99. The Labute approximate surface area is 149 Å². The molecule has 6 heteroatoms. The van der Waals surface area contributed by atoms with Crippen molar-refractivity contribution in [3.05, 3.63) is 69.0 Å². The van der Waals surface area contributed by atoms with E-state index in [9.17, 15) is 9.59 Å². The Morgan fingerprint density at radius 1 is 1.20 bits per heavy atom. The second-order valence-electron chi connectivity index (χ2n) is 5.49. The summed E-state index contributed by atoms with van der Waals surface area (Å²) in [7, 11) is 0. The van der Waals surface area contributed by atoms with E-state index >= 15 is 0 Å². The van der Waals surface area contributed by atoms with Crippen LogP contribution in [-0.2, 0) is 0 Å². The lowest BCUT2D eigenvalue weighted by Crippen LogP contribution is -2.21. The Kier molecular flexibility index (Phi) is 4.76. The monoisotopic (exact) mass is 357 g/mol. The van der Waals surface area contributed by atoms with Crippen molar-refractivity contribution < 1.29 is 13.9 Å². The fourth-order valence-corrected chi connectivity index (χ4v) is 2.60. The summed E-state index contributed by atoms with van der Waals surface area (Å²) in [5, 5.41) is 3.83. The highest BCUT2D eigenvalue weighted by Gasteiger charge is 2.15. The van der Waals surface area contributed by atoms with Crippen molar-refractivity contribution in [2.45, 2.75) is 13.8 Å². The molecule has 1 heterocycles. The molecule has 0 fully saturated rings. The Bertz CT molecular complexity index is 1010. The third-order valence-corrected chi connectivity index (χ3v) is 3.95. The topological polar surface area (TPSA) is 68.5 Å². The van der Waals surface area contributed by atoms with Crippen LogP contribution in [0.15, 0.2) is 51.7 Å². The molecule has 1 N–H and O–H groups in total. The summed E-state index contributed by atoms with van der Waals surface area (Å²) in [5.74, 6) is 0.0554. The molecule has 0 bridgehead atoms. The van der Waals surface area contributed by atoms with Crippen molar-refractivity contribution in [1.82, 2.24) is 0 Å². The number of carbonyl (C=O) groups is 1. The number of rotatable bonds is 4. The molecule has 3 rings (SSSR count). The number of benzene rings is 2. The van der Waals surface area contributed by atoms with Crippen LogP contribution in [0.2, 0.25) is 5.02 Å². The number of hydrogen-bond donors (Lipinski definition) is 1. The van der Waals surface area contributed by atoms with Crippen LogP contribution >= 0.6 is 11.6 Å². The van der Waals surface area contributed by atoms with Gasteiger partial charge in [0, 0.05) is 22.2 Å². The lowest BCUT2D eigenvalue weighted by molar-refractivity contribution is 0.102. The van der Waals surface area contributed by atoms with Crippen LogP contribution in [-0.4, -0.2) is 12.5 Å². The number of nitrogens with one attached hydrogen (secondary N) is 1. The zero-order valence-electron chi connectivity index (χ0n) is 13.8. The number of carbonyl (C=O) groups excluding carboxylic acids is 1. The molecular formula is C19H16ClNO4. The van der Waals surface area contributed by atoms with E-state index < -0.39 is 11.5 Å². The van der Waals surface area contributed by atoms with Crippen molar-refractivity contribution in [3.8, 4) is 5.75 Å². The van der Waals surface area contributed by atoms with Gasteiger partial charge >= 0.3 is 5.63 Å². The van der Waals surface area contributed by atoms with Gasteiger partial charge in [-0.05, 0) is 49.7 Å². The molecule has 1 aromatic heterocycles. The van der Waals surface area contributed by atoms with E-state index in [0.717, 1.165) is 5.56 Å². The van der Waals surface area contributed by atoms with Gasteiger partial charge in [0.2, 0.25) is 0 Å². The number of anilines is 1. The predicted molar refractivity (Wildman–Crippen MR) is 97.8 cm³/mol. The van der Waals surface area contributed by atoms with Gasteiger partial charge in [-0.2, -0.15) is 0 Å². The van der Waals surface area contributed by atoms with Gasteiger partial charge in [0.15, 0.2) is 0 Å². The van der Waals surface area contributed by atoms with Crippen molar-refractivity contribution in [2.75, 3.05) is 11.9 Å². The number of fused-ring (bicyclic) bond motifs is 1. The highest BCUT2D eigenvalue weighted by Crippen LogP contribution is 2.23. The van der Waals surface area contributed by atoms with Gasteiger partial charge in [-0.3, -0.25) is 4.79 Å². The van der Waals surface area contributed by atoms with Crippen molar-refractivity contribution in [3.63, 3.8) is 0 Å². The van der Waals surface area contributed by atoms with E-state index in [4.69, 9.17) is 20.8 Å². The Morgan fingerprint density at radius 2 is 2.00 bits per heavy atom. The molecule has 0 unspecified atom stereocenters. The van der Waals surface area contributed by atoms with Crippen molar-refractivity contribution >= 4 is 34.2 Å². The molecule has 0 aliphatic rings. The first kappa shape index (κ1) is 17.0. The maximum absolute atomic E-state index is 12.5. The maximum atomic E-state index is 12.5. The Balaban J connectivity index is 1.96. The SMILES string of the molecule is CCOc1ccc2cc(C(=O)Nc3cc(Cl)ccc3C)c(=O)oc2c1. The van der Waals surface area contributed by atoms with Crippen LogP contribution in [0.4, 0.5) is 5.69 Å². The van der Waals surface area contributed by atoms with Gasteiger partial charge in [-0.15, -0.1) is 0 Å². The van der Waals surface area contributed by atoms with Gasteiger partial charge in [0.25, 0.3) is 5.91 Å². The second-order valence-corrected chi connectivity index (χ2v) is 5.93. The minimum absolute atomic E-state index is 0.0731. The van der Waals surface area contributed by atoms with Crippen LogP contribution in [0.1, 0.15) is 22.8 Å². The van der Waals surface area contributed by atoms with Crippen LogP contribution in [0.3, 0.4) is 0 Å². The highest BCUT2D eigenvalue weighted by atomic mass is 35.5. The van der Waals surface area contributed by atoms with Gasteiger partial charge in [0.1, 0.15) is 16.9 Å². The number of ether oxygens (including phenoxy) is 1. The number of halogens is 1. The average molecular weight is 358 g/mol. The quantitative estimate of drug-likeness (QED) is 0.702. The van der Waals surface area contributed by atoms with Gasteiger partial charge in [-0.25, -0.2) is 4.79 Å². The molecule has 0 spiro atoms. The Hall–Kier alpha value is -2.79. The van der Waals surface area contributed by atoms with Crippen molar-refractivity contribution in [1.29, 1.82) is 0 Å². The molecule has 0 radical (unpaired) electrons. The molecule has 0 aliphatic carbocycles.